The second kappa shape index (κ2) is 7.14. The lowest BCUT2D eigenvalue weighted by Crippen LogP contribution is -2.49. The van der Waals surface area contributed by atoms with Crippen molar-refractivity contribution in [1.82, 2.24) is 10.2 Å². The fourth-order valence-electron chi connectivity index (χ4n) is 3.92. The highest BCUT2D eigenvalue weighted by molar-refractivity contribution is 5.74. The molecule has 5 heteroatoms. The minimum absolute atomic E-state index is 0.0371. The summed E-state index contributed by atoms with van der Waals surface area (Å²) in [7, 11) is 0. The summed E-state index contributed by atoms with van der Waals surface area (Å²) < 4.78 is 0. The number of aliphatic carboxylic acids is 1. The molecule has 2 fully saturated rings. The van der Waals surface area contributed by atoms with Gasteiger partial charge in [-0.15, -0.1) is 0 Å². The normalized spacial score (nSPS) is 31.0. The number of carbonyl (C=O) groups excluding carboxylic acids is 1. The summed E-state index contributed by atoms with van der Waals surface area (Å²) in [5, 5.41) is 12.0. The van der Waals surface area contributed by atoms with E-state index in [-0.39, 0.29) is 18.4 Å². The molecule has 2 amide bonds. The summed E-state index contributed by atoms with van der Waals surface area (Å²) in [5.41, 5.74) is 0. The van der Waals surface area contributed by atoms with E-state index < -0.39 is 5.97 Å². The molecule has 2 atom stereocenters. The maximum Gasteiger partial charge on any atom is 0.317 e. The first-order valence-corrected chi connectivity index (χ1v) is 8.21. The number of urea groups is 1. The number of piperidine rings is 1. The first-order valence-electron chi connectivity index (χ1n) is 8.21. The number of hydrogen-bond donors (Lipinski definition) is 2. The van der Waals surface area contributed by atoms with Gasteiger partial charge in [-0.1, -0.05) is 13.8 Å². The standard InChI is InChI=1S/C16H28N2O3/c1-11-7-12(2)9-14(8-11)17-16(21)18-5-3-13(4-6-18)10-15(19)20/h11-14H,3-10H2,1-2H3,(H,17,21)(H,19,20). The van der Waals surface area contributed by atoms with Gasteiger partial charge in [0.25, 0.3) is 0 Å². The molecule has 21 heavy (non-hydrogen) atoms. The number of nitrogens with one attached hydrogen (secondary N) is 1. The number of carboxylic acid groups (broad SMARTS) is 1. The van der Waals surface area contributed by atoms with Gasteiger partial charge in [-0.05, 0) is 49.9 Å². The predicted octanol–water partition coefficient (Wildman–Crippen LogP) is 2.71. The van der Waals surface area contributed by atoms with Crippen molar-refractivity contribution in [1.29, 1.82) is 0 Å². The van der Waals surface area contributed by atoms with Crippen LogP contribution in [0.1, 0.15) is 52.4 Å². The molecule has 0 spiro atoms. The molecule has 1 saturated carbocycles. The molecule has 0 aromatic carbocycles. The van der Waals surface area contributed by atoms with Crippen molar-refractivity contribution >= 4 is 12.0 Å². The third kappa shape index (κ3) is 4.90. The van der Waals surface area contributed by atoms with Gasteiger partial charge in [-0.2, -0.15) is 0 Å². The largest absolute Gasteiger partial charge is 0.481 e. The van der Waals surface area contributed by atoms with E-state index >= 15 is 0 Å². The summed E-state index contributed by atoms with van der Waals surface area (Å²) in [6.45, 7) is 5.88. The molecule has 1 aliphatic carbocycles. The number of carbonyl (C=O) groups is 2. The first kappa shape index (κ1) is 16.1. The Morgan fingerprint density at radius 2 is 1.67 bits per heavy atom. The van der Waals surface area contributed by atoms with E-state index in [4.69, 9.17) is 5.11 Å². The molecule has 2 N–H and O–H groups in total. The van der Waals surface area contributed by atoms with Crippen LogP contribution in [0.15, 0.2) is 0 Å². The summed E-state index contributed by atoms with van der Waals surface area (Å²) in [6.07, 6.45) is 5.24. The Morgan fingerprint density at radius 3 is 2.19 bits per heavy atom. The average Bonchev–Trinajstić information content (AvgIpc) is 2.37. The number of amides is 2. The highest BCUT2D eigenvalue weighted by Gasteiger charge is 2.28. The Balaban J connectivity index is 1.75. The minimum atomic E-state index is -0.733. The molecule has 0 radical (unpaired) electrons. The van der Waals surface area contributed by atoms with Crippen LogP contribution in [0.2, 0.25) is 0 Å². The highest BCUT2D eigenvalue weighted by Crippen LogP contribution is 2.29. The third-order valence-electron chi connectivity index (χ3n) is 4.87. The average molecular weight is 296 g/mol. The lowest BCUT2D eigenvalue weighted by Gasteiger charge is -2.36. The van der Waals surface area contributed by atoms with E-state index in [1.54, 1.807) is 0 Å². The van der Waals surface area contributed by atoms with Crippen molar-refractivity contribution in [2.75, 3.05) is 13.1 Å². The van der Waals surface area contributed by atoms with Crippen LogP contribution in [0.4, 0.5) is 4.79 Å². The number of hydrogen-bond acceptors (Lipinski definition) is 2. The molecular formula is C16H28N2O3. The zero-order valence-electron chi connectivity index (χ0n) is 13.2. The van der Waals surface area contributed by atoms with Crippen LogP contribution in [0, 0.1) is 17.8 Å². The lowest BCUT2D eigenvalue weighted by atomic mass is 9.80. The Kier molecular flexibility index (Phi) is 5.48. The summed E-state index contributed by atoms with van der Waals surface area (Å²) in [4.78, 5) is 24.9. The molecule has 2 unspecified atom stereocenters. The van der Waals surface area contributed by atoms with Crippen molar-refractivity contribution in [3.8, 4) is 0 Å². The zero-order valence-corrected chi connectivity index (χ0v) is 13.2. The van der Waals surface area contributed by atoms with Crippen molar-refractivity contribution in [3.05, 3.63) is 0 Å². The molecule has 0 aromatic heterocycles. The minimum Gasteiger partial charge on any atom is -0.481 e. The molecule has 0 bridgehead atoms. The summed E-state index contributed by atoms with van der Waals surface area (Å²) >= 11 is 0. The van der Waals surface area contributed by atoms with E-state index in [0.29, 0.717) is 31.0 Å². The van der Waals surface area contributed by atoms with Crippen LogP contribution < -0.4 is 5.32 Å². The van der Waals surface area contributed by atoms with Gasteiger partial charge in [0.1, 0.15) is 0 Å². The van der Waals surface area contributed by atoms with E-state index in [1.807, 2.05) is 4.90 Å². The van der Waals surface area contributed by atoms with E-state index in [1.165, 1.54) is 6.42 Å². The van der Waals surface area contributed by atoms with Crippen LogP contribution >= 0.6 is 0 Å². The van der Waals surface area contributed by atoms with Gasteiger partial charge in [0, 0.05) is 25.6 Å². The van der Waals surface area contributed by atoms with Crippen molar-refractivity contribution in [3.63, 3.8) is 0 Å². The van der Waals surface area contributed by atoms with E-state index in [2.05, 4.69) is 19.2 Å². The maximum absolute atomic E-state index is 12.3. The molecular weight excluding hydrogens is 268 g/mol. The second-order valence-electron chi connectivity index (χ2n) is 7.09. The third-order valence-corrected chi connectivity index (χ3v) is 4.87. The molecule has 1 aliphatic heterocycles. The topological polar surface area (TPSA) is 69.6 Å². The van der Waals surface area contributed by atoms with Crippen molar-refractivity contribution in [2.45, 2.75) is 58.4 Å². The quantitative estimate of drug-likeness (QED) is 0.841. The van der Waals surface area contributed by atoms with Gasteiger partial charge in [0.05, 0.1) is 0 Å². The van der Waals surface area contributed by atoms with E-state index in [0.717, 1.165) is 25.7 Å². The fourth-order valence-corrected chi connectivity index (χ4v) is 3.92. The molecule has 120 valence electrons. The molecule has 2 aliphatic rings. The Labute approximate surface area is 127 Å². The second-order valence-corrected chi connectivity index (χ2v) is 7.09. The van der Waals surface area contributed by atoms with Gasteiger partial charge in [0.2, 0.25) is 0 Å². The van der Waals surface area contributed by atoms with Crippen LogP contribution in [0.5, 0.6) is 0 Å². The number of carboxylic acids is 1. The fraction of sp³-hybridized carbons (Fsp3) is 0.875. The lowest BCUT2D eigenvalue weighted by molar-refractivity contribution is -0.138. The molecule has 2 rings (SSSR count). The maximum atomic E-state index is 12.3. The SMILES string of the molecule is CC1CC(C)CC(NC(=O)N2CCC(CC(=O)O)CC2)C1. The number of likely N-dealkylation sites (tertiary alicyclic amines) is 1. The van der Waals surface area contributed by atoms with Crippen LogP contribution in [-0.4, -0.2) is 41.1 Å². The van der Waals surface area contributed by atoms with E-state index in [9.17, 15) is 9.59 Å². The van der Waals surface area contributed by atoms with Gasteiger partial charge < -0.3 is 15.3 Å². The monoisotopic (exact) mass is 296 g/mol. The zero-order chi connectivity index (χ0) is 15.4. The van der Waals surface area contributed by atoms with Crippen molar-refractivity contribution in [2.24, 2.45) is 17.8 Å². The van der Waals surface area contributed by atoms with Gasteiger partial charge in [-0.3, -0.25) is 4.79 Å². The van der Waals surface area contributed by atoms with Crippen LogP contribution in [0.3, 0.4) is 0 Å². The smallest absolute Gasteiger partial charge is 0.317 e. The van der Waals surface area contributed by atoms with Gasteiger partial charge >= 0.3 is 12.0 Å². The van der Waals surface area contributed by atoms with Gasteiger partial charge in [0.15, 0.2) is 0 Å². The molecule has 0 aromatic rings. The molecule has 5 nitrogen and oxygen atoms in total. The van der Waals surface area contributed by atoms with Crippen LogP contribution in [-0.2, 0) is 4.79 Å². The highest BCUT2D eigenvalue weighted by atomic mass is 16.4. The summed E-state index contributed by atoms with van der Waals surface area (Å²) in [5.74, 6) is 0.852. The Bertz CT molecular complexity index is 368. The number of nitrogens with zero attached hydrogens (tertiary/aromatic N) is 1. The first-order chi connectivity index (χ1) is 9.94. The summed E-state index contributed by atoms with van der Waals surface area (Å²) in [6, 6.07) is 0.336. The molecule has 1 saturated heterocycles. The Morgan fingerprint density at radius 1 is 1.10 bits per heavy atom. The number of rotatable bonds is 3. The van der Waals surface area contributed by atoms with Crippen LogP contribution in [0.25, 0.3) is 0 Å². The van der Waals surface area contributed by atoms with Crippen molar-refractivity contribution < 1.29 is 14.7 Å². The van der Waals surface area contributed by atoms with Gasteiger partial charge in [-0.25, -0.2) is 4.79 Å². The predicted molar refractivity (Wildman–Crippen MR) is 81.0 cm³/mol. The molecule has 1 heterocycles. The Hall–Kier alpha value is -1.26.